The van der Waals surface area contributed by atoms with Gasteiger partial charge in [-0.3, -0.25) is 9.78 Å². The normalized spacial score (nSPS) is 16.3. The highest BCUT2D eigenvalue weighted by atomic mass is 35.5. The van der Waals surface area contributed by atoms with Gasteiger partial charge in [0.2, 0.25) is 0 Å². The highest BCUT2D eigenvalue weighted by Crippen LogP contribution is 2.47. The average molecular weight is 280 g/mol. The molecule has 0 spiro atoms. The van der Waals surface area contributed by atoms with E-state index >= 15 is 0 Å². The molecule has 0 aliphatic heterocycles. The molecule has 0 bridgehead atoms. The van der Waals surface area contributed by atoms with Crippen LogP contribution in [0.5, 0.6) is 0 Å². The van der Waals surface area contributed by atoms with E-state index in [1.54, 1.807) is 12.3 Å². The quantitative estimate of drug-likeness (QED) is 0.905. The Hall–Kier alpha value is -2.02. The second kappa shape index (κ2) is 4.27. The van der Waals surface area contributed by atoms with Gasteiger partial charge in [-0.15, -0.1) is 5.10 Å². The lowest BCUT2D eigenvalue weighted by atomic mass is 10.1. The number of nitrogens with zero attached hydrogens (tertiary/aromatic N) is 5. The van der Waals surface area contributed by atoms with Crippen molar-refractivity contribution in [3.63, 3.8) is 0 Å². The van der Waals surface area contributed by atoms with Crippen molar-refractivity contribution in [2.75, 3.05) is 0 Å². The number of pyridine rings is 1. The van der Waals surface area contributed by atoms with E-state index in [0.29, 0.717) is 29.3 Å². The Kier molecular flexibility index (Phi) is 2.70. The van der Waals surface area contributed by atoms with Crippen LogP contribution >= 0.6 is 11.6 Å². The van der Waals surface area contributed by atoms with Gasteiger partial charge in [-0.25, -0.2) is 4.68 Å². The predicted octanol–water partition coefficient (Wildman–Crippen LogP) is 1.25. The lowest BCUT2D eigenvalue weighted by molar-refractivity contribution is -0.144. The van der Waals surface area contributed by atoms with E-state index in [2.05, 4.69) is 20.5 Å². The maximum absolute atomic E-state index is 11.2. The number of aliphatic carboxylic acids is 1. The Bertz CT molecular complexity index is 638. The minimum atomic E-state index is -0.810. The van der Waals surface area contributed by atoms with Crippen LogP contribution in [0.25, 0.3) is 11.4 Å². The summed E-state index contributed by atoms with van der Waals surface area (Å²) in [5, 5.41) is 21.0. The monoisotopic (exact) mass is 279 g/mol. The number of tetrazole rings is 1. The van der Waals surface area contributed by atoms with Crippen LogP contribution in [0.4, 0.5) is 0 Å². The maximum atomic E-state index is 11.2. The number of carbonyl (C=O) groups is 1. The zero-order valence-corrected chi connectivity index (χ0v) is 10.6. The fourth-order valence-electron chi connectivity index (χ4n) is 1.94. The molecule has 0 saturated heterocycles. The summed E-state index contributed by atoms with van der Waals surface area (Å²) in [6.07, 6.45) is 4.38. The standard InChI is InChI=1S/C11H10ClN5O2/c12-8-5-13-4-1-7(8)9-14-15-16-17(9)6-11(2-3-11)10(18)19/h1,4-5H,2-3,6H2,(H,18,19). The van der Waals surface area contributed by atoms with E-state index < -0.39 is 11.4 Å². The number of carboxylic acids is 1. The summed E-state index contributed by atoms with van der Waals surface area (Å²) in [6.45, 7) is 0.253. The van der Waals surface area contributed by atoms with E-state index in [0.717, 1.165) is 0 Å². The second-order valence-electron chi connectivity index (χ2n) is 4.60. The highest BCUT2D eigenvalue weighted by Gasteiger charge is 2.51. The van der Waals surface area contributed by atoms with E-state index in [1.807, 2.05) is 0 Å². The van der Waals surface area contributed by atoms with Gasteiger partial charge < -0.3 is 5.11 Å². The molecule has 2 heterocycles. The van der Waals surface area contributed by atoms with E-state index in [9.17, 15) is 9.90 Å². The molecule has 0 atom stereocenters. The van der Waals surface area contributed by atoms with Gasteiger partial charge in [0.15, 0.2) is 5.82 Å². The molecule has 0 amide bonds. The summed E-state index contributed by atoms with van der Waals surface area (Å²) in [5.41, 5.74) is -0.0910. The van der Waals surface area contributed by atoms with Crippen molar-refractivity contribution in [2.24, 2.45) is 5.41 Å². The summed E-state index contributed by atoms with van der Waals surface area (Å²) < 4.78 is 1.49. The number of halogens is 1. The van der Waals surface area contributed by atoms with Crippen molar-refractivity contribution < 1.29 is 9.90 Å². The number of carboxylic acid groups (broad SMARTS) is 1. The molecule has 19 heavy (non-hydrogen) atoms. The Morgan fingerprint density at radius 2 is 2.32 bits per heavy atom. The summed E-state index contributed by atoms with van der Waals surface area (Å²) >= 11 is 6.05. The lowest BCUT2D eigenvalue weighted by Crippen LogP contribution is -2.22. The molecule has 98 valence electrons. The molecule has 2 aromatic rings. The summed E-state index contributed by atoms with van der Waals surface area (Å²) in [7, 11) is 0. The van der Waals surface area contributed by atoms with Crippen molar-refractivity contribution in [3.8, 4) is 11.4 Å². The molecule has 3 rings (SSSR count). The molecule has 0 aromatic carbocycles. The molecule has 0 radical (unpaired) electrons. The number of hydrogen-bond donors (Lipinski definition) is 1. The third-order valence-corrected chi connectivity index (χ3v) is 3.61. The topological polar surface area (TPSA) is 93.8 Å². The predicted molar refractivity (Wildman–Crippen MR) is 65.4 cm³/mol. The van der Waals surface area contributed by atoms with Gasteiger partial charge in [0.25, 0.3) is 0 Å². The van der Waals surface area contributed by atoms with Gasteiger partial charge >= 0.3 is 5.97 Å². The summed E-state index contributed by atoms with van der Waals surface area (Å²) in [5.74, 6) is -0.352. The van der Waals surface area contributed by atoms with Crippen LogP contribution in [0.1, 0.15) is 12.8 Å². The third kappa shape index (κ3) is 2.06. The van der Waals surface area contributed by atoms with Gasteiger partial charge in [-0.1, -0.05) is 11.6 Å². The molecular weight excluding hydrogens is 270 g/mol. The Morgan fingerprint density at radius 3 is 2.95 bits per heavy atom. The van der Waals surface area contributed by atoms with Gasteiger partial charge in [0, 0.05) is 18.0 Å². The summed E-state index contributed by atoms with van der Waals surface area (Å²) in [6, 6.07) is 1.70. The molecule has 7 nitrogen and oxygen atoms in total. The molecular formula is C11H10ClN5O2. The van der Waals surface area contributed by atoms with Crippen LogP contribution in [0.2, 0.25) is 5.02 Å². The molecule has 8 heteroatoms. The second-order valence-corrected chi connectivity index (χ2v) is 5.01. The zero-order valence-electron chi connectivity index (χ0n) is 9.82. The van der Waals surface area contributed by atoms with Crippen molar-refractivity contribution in [1.29, 1.82) is 0 Å². The first kappa shape index (κ1) is 12.0. The molecule has 2 aromatic heterocycles. The van der Waals surface area contributed by atoms with Gasteiger partial charge in [-0.05, 0) is 29.3 Å². The lowest BCUT2D eigenvalue weighted by Gasteiger charge is -2.11. The first-order valence-corrected chi connectivity index (χ1v) is 6.10. The first-order valence-electron chi connectivity index (χ1n) is 5.72. The Balaban J connectivity index is 1.96. The van der Waals surface area contributed by atoms with Crippen LogP contribution in [0, 0.1) is 5.41 Å². The number of aromatic nitrogens is 5. The number of hydrogen-bond acceptors (Lipinski definition) is 5. The van der Waals surface area contributed by atoms with E-state index in [4.69, 9.17) is 11.6 Å². The van der Waals surface area contributed by atoms with Crippen molar-refractivity contribution >= 4 is 17.6 Å². The first-order chi connectivity index (χ1) is 9.12. The molecule has 1 aliphatic rings. The minimum Gasteiger partial charge on any atom is -0.481 e. The summed E-state index contributed by atoms with van der Waals surface area (Å²) in [4.78, 5) is 15.1. The Morgan fingerprint density at radius 1 is 1.53 bits per heavy atom. The number of rotatable bonds is 4. The smallest absolute Gasteiger partial charge is 0.311 e. The molecule has 1 N–H and O–H groups in total. The molecule has 1 fully saturated rings. The van der Waals surface area contributed by atoms with Crippen LogP contribution in [0.15, 0.2) is 18.5 Å². The van der Waals surface area contributed by atoms with E-state index in [1.165, 1.54) is 10.9 Å². The van der Waals surface area contributed by atoms with Crippen LogP contribution in [0.3, 0.4) is 0 Å². The largest absolute Gasteiger partial charge is 0.481 e. The van der Waals surface area contributed by atoms with Gasteiger partial charge in [0.1, 0.15) is 0 Å². The van der Waals surface area contributed by atoms with E-state index in [-0.39, 0.29) is 6.54 Å². The fourth-order valence-corrected chi connectivity index (χ4v) is 2.14. The van der Waals surface area contributed by atoms with Gasteiger partial charge in [-0.2, -0.15) is 0 Å². The fraction of sp³-hybridized carbons (Fsp3) is 0.364. The van der Waals surface area contributed by atoms with Crippen LogP contribution in [-0.2, 0) is 11.3 Å². The molecule has 1 aliphatic carbocycles. The SMILES string of the molecule is O=C(O)C1(Cn2nnnc2-c2ccncc2Cl)CC1. The molecule has 1 saturated carbocycles. The minimum absolute atomic E-state index is 0.253. The third-order valence-electron chi connectivity index (χ3n) is 3.30. The highest BCUT2D eigenvalue weighted by molar-refractivity contribution is 6.33. The van der Waals surface area contributed by atoms with Crippen molar-refractivity contribution in [3.05, 3.63) is 23.5 Å². The van der Waals surface area contributed by atoms with Gasteiger partial charge in [0.05, 0.1) is 17.0 Å². The average Bonchev–Trinajstić information content (AvgIpc) is 3.03. The van der Waals surface area contributed by atoms with Crippen molar-refractivity contribution in [1.82, 2.24) is 25.2 Å². The zero-order chi connectivity index (χ0) is 13.5. The maximum Gasteiger partial charge on any atom is 0.311 e. The van der Waals surface area contributed by atoms with Crippen LogP contribution < -0.4 is 0 Å². The van der Waals surface area contributed by atoms with Crippen LogP contribution in [-0.4, -0.2) is 36.3 Å². The molecule has 0 unspecified atom stereocenters. The Labute approximate surface area is 113 Å². The van der Waals surface area contributed by atoms with Crippen molar-refractivity contribution in [2.45, 2.75) is 19.4 Å².